The number of fused-ring (bicyclic) bond motifs is 1. The number of nitrogens with zero attached hydrogens (tertiary/aromatic N) is 3. The van der Waals surface area contributed by atoms with Gasteiger partial charge in [0.1, 0.15) is 5.82 Å². The molecule has 2 aliphatic rings. The zero-order chi connectivity index (χ0) is 14.8. The van der Waals surface area contributed by atoms with Crippen LogP contribution in [-0.2, 0) is 17.8 Å². The molecule has 1 aromatic heterocycles. The summed E-state index contributed by atoms with van der Waals surface area (Å²) in [7, 11) is 4.04. The lowest BCUT2D eigenvalue weighted by Crippen LogP contribution is -2.40. The van der Waals surface area contributed by atoms with Gasteiger partial charge in [-0.1, -0.05) is 0 Å². The van der Waals surface area contributed by atoms with Crippen LogP contribution in [0.5, 0.6) is 0 Å². The highest BCUT2D eigenvalue weighted by Crippen LogP contribution is 2.28. The van der Waals surface area contributed by atoms with Gasteiger partial charge in [-0.2, -0.15) is 0 Å². The Morgan fingerprint density at radius 3 is 3.00 bits per heavy atom. The number of hydrogen-bond acceptors (Lipinski definition) is 4. The Morgan fingerprint density at radius 1 is 1.48 bits per heavy atom. The Morgan fingerprint density at radius 2 is 2.29 bits per heavy atom. The summed E-state index contributed by atoms with van der Waals surface area (Å²) in [6.45, 7) is 3.11. The molecule has 1 aliphatic heterocycles. The Balaban J connectivity index is 1.61. The van der Waals surface area contributed by atoms with Gasteiger partial charge in [-0.3, -0.25) is 9.69 Å². The Labute approximate surface area is 126 Å². The monoisotopic (exact) mass is 288 g/mol. The predicted molar refractivity (Wildman–Crippen MR) is 83.3 cm³/mol. The van der Waals surface area contributed by atoms with E-state index >= 15 is 0 Å². The molecule has 0 aromatic carbocycles. The van der Waals surface area contributed by atoms with E-state index in [1.165, 1.54) is 24.0 Å². The highest BCUT2D eigenvalue weighted by Gasteiger charge is 2.24. The van der Waals surface area contributed by atoms with Crippen LogP contribution in [0.3, 0.4) is 0 Å². The van der Waals surface area contributed by atoms with Crippen LogP contribution in [0.25, 0.3) is 0 Å². The molecule has 5 nitrogen and oxygen atoms in total. The van der Waals surface area contributed by atoms with Crippen LogP contribution in [0.15, 0.2) is 12.3 Å². The van der Waals surface area contributed by atoms with E-state index in [9.17, 15) is 4.79 Å². The summed E-state index contributed by atoms with van der Waals surface area (Å²) in [6, 6.07) is 2.10. The molecule has 0 unspecified atom stereocenters. The molecule has 0 saturated heterocycles. The Kier molecular flexibility index (Phi) is 4.10. The standard InChI is InChI=1S/C16H24N4O/c1-19(2)16-14-10-20(8-6-13(14)5-7-17-16)11-15(21)18-9-12-3-4-12/h5,7,12H,3-4,6,8-11H2,1-2H3,(H,18,21). The third-order valence-electron chi connectivity index (χ3n) is 4.28. The Hall–Kier alpha value is -1.62. The molecule has 114 valence electrons. The number of anilines is 1. The highest BCUT2D eigenvalue weighted by molar-refractivity contribution is 5.78. The summed E-state index contributed by atoms with van der Waals surface area (Å²) < 4.78 is 0. The van der Waals surface area contributed by atoms with Gasteiger partial charge in [0.05, 0.1) is 6.54 Å². The molecule has 3 rings (SSSR count). The van der Waals surface area contributed by atoms with Crippen LogP contribution in [0.2, 0.25) is 0 Å². The average molecular weight is 288 g/mol. The minimum absolute atomic E-state index is 0.153. The van der Waals surface area contributed by atoms with Gasteiger partial charge in [0.25, 0.3) is 0 Å². The van der Waals surface area contributed by atoms with Crippen molar-refractivity contribution in [3.8, 4) is 0 Å². The average Bonchev–Trinajstić information content (AvgIpc) is 3.28. The molecule has 1 aliphatic carbocycles. The van der Waals surface area contributed by atoms with Gasteiger partial charge in [0.2, 0.25) is 5.91 Å². The maximum atomic E-state index is 12.0. The molecule has 0 bridgehead atoms. The zero-order valence-corrected chi connectivity index (χ0v) is 12.9. The fourth-order valence-electron chi connectivity index (χ4n) is 2.87. The van der Waals surface area contributed by atoms with Crippen LogP contribution in [0.1, 0.15) is 24.0 Å². The van der Waals surface area contributed by atoms with Gasteiger partial charge in [0, 0.05) is 45.5 Å². The third-order valence-corrected chi connectivity index (χ3v) is 4.28. The van der Waals surface area contributed by atoms with Crippen molar-refractivity contribution in [3.63, 3.8) is 0 Å². The van der Waals surface area contributed by atoms with Gasteiger partial charge in [0.15, 0.2) is 0 Å². The first-order chi connectivity index (χ1) is 10.1. The maximum absolute atomic E-state index is 12.0. The predicted octanol–water partition coefficient (Wildman–Crippen LogP) is 1.03. The third kappa shape index (κ3) is 3.53. The fraction of sp³-hybridized carbons (Fsp3) is 0.625. The largest absolute Gasteiger partial charge is 0.362 e. The molecule has 1 fully saturated rings. The summed E-state index contributed by atoms with van der Waals surface area (Å²) >= 11 is 0. The topological polar surface area (TPSA) is 48.5 Å². The number of pyridine rings is 1. The minimum Gasteiger partial charge on any atom is -0.362 e. The van der Waals surface area contributed by atoms with Gasteiger partial charge in [-0.15, -0.1) is 0 Å². The minimum atomic E-state index is 0.153. The summed E-state index contributed by atoms with van der Waals surface area (Å²) in [4.78, 5) is 20.7. The molecule has 0 atom stereocenters. The van der Waals surface area contributed by atoms with Crippen molar-refractivity contribution < 1.29 is 4.79 Å². The molecule has 1 saturated carbocycles. The van der Waals surface area contributed by atoms with Crippen LogP contribution in [0.4, 0.5) is 5.82 Å². The van der Waals surface area contributed by atoms with Crippen LogP contribution in [-0.4, -0.2) is 49.5 Å². The van der Waals surface area contributed by atoms with Crippen LogP contribution in [0, 0.1) is 5.92 Å². The molecule has 1 N–H and O–H groups in total. The molecule has 0 radical (unpaired) electrons. The van der Waals surface area contributed by atoms with Crippen molar-refractivity contribution in [1.82, 2.24) is 15.2 Å². The normalized spacial score (nSPS) is 18.2. The number of rotatable bonds is 5. The second-order valence-electron chi connectivity index (χ2n) is 6.37. The first-order valence-electron chi connectivity index (χ1n) is 7.76. The van der Waals surface area contributed by atoms with Gasteiger partial charge in [-0.25, -0.2) is 4.98 Å². The van der Waals surface area contributed by atoms with Crippen molar-refractivity contribution in [2.75, 3.05) is 38.6 Å². The molecular formula is C16H24N4O. The van der Waals surface area contributed by atoms with Crippen LogP contribution >= 0.6 is 0 Å². The second-order valence-corrected chi connectivity index (χ2v) is 6.37. The molecular weight excluding hydrogens is 264 g/mol. The van der Waals surface area contributed by atoms with E-state index in [0.29, 0.717) is 6.54 Å². The molecule has 0 spiro atoms. The van der Waals surface area contributed by atoms with Crippen molar-refractivity contribution in [1.29, 1.82) is 0 Å². The number of amides is 1. The molecule has 21 heavy (non-hydrogen) atoms. The summed E-state index contributed by atoms with van der Waals surface area (Å²) in [5, 5.41) is 3.05. The molecule has 1 amide bonds. The number of aromatic nitrogens is 1. The van der Waals surface area contributed by atoms with E-state index in [1.54, 1.807) is 0 Å². The van der Waals surface area contributed by atoms with E-state index in [4.69, 9.17) is 0 Å². The van der Waals surface area contributed by atoms with Gasteiger partial charge >= 0.3 is 0 Å². The Bertz CT molecular complexity index is 525. The van der Waals surface area contributed by atoms with Crippen molar-refractivity contribution in [2.24, 2.45) is 5.92 Å². The second kappa shape index (κ2) is 6.02. The highest BCUT2D eigenvalue weighted by atomic mass is 16.2. The first-order valence-corrected chi connectivity index (χ1v) is 7.76. The summed E-state index contributed by atoms with van der Waals surface area (Å²) in [5.74, 6) is 1.91. The van der Waals surface area contributed by atoms with Crippen molar-refractivity contribution in [3.05, 3.63) is 23.4 Å². The van der Waals surface area contributed by atoms with E-state index in [0.717, 1.165) is 37.8 Å². The van der Waals surface area contributed by atoms with E-state index < -0.39 is 0 Å². The molecule has 1 aromatic rings. The lowest BCUT2D eigenvalue weighted by Gasteiger charge is -2.30. The van der Waals surface area contributed by atoms with Crippen LogP contribution < -0.4 is 10.2 Å². The molecule has 5 heteroatoms. The number of carbonyl (C=O) groups is 1. The maximum Gasteiger partial charge on any atom is 0.234 e. The van der Waals surface area contributed by atoms with Crippen molar-refractivity contribution >= 4 is 11.7 Å². The van der Waals surface area contributed by atoms with Gasteiger partial charge in [-0.05, 0) is 36.8 Å². The summed E-state index contributed by atoms with van der Waals surface area (Å²) in [5.41, 5.74) is 2.63. The lowest BCUT2D eigenvalue weighted by molar-refractivity contribution is -0.122. The molecule has 2 heterocycles. The SMILES string of the molecule is CN(C)c1nccc2c1CN(CC(=O)NCC1CC1)CC2. The summed E-state index contributed by atoms with van der Waals surface area (Å²) in [6.07, 6.45) is 5.42. The first kappa shape index (κ1) is 14.3. The van der Waals surface area contributed by atoms with Crippen molar-refractivity contribution in [2.45, 2.75) is 25.8 Å². The zero-order valence-electron chi connectivity index (χ0n) is 12.9. The number of nitrogens with one attached hydrogen (secondary N) is 1. The fourth-order valence-corrected chi connectivity index (χ4v) is 2.87. The van der Waals surface area contributed by atoms with E-state index in [2.05, 4.69) is 26.2 Å². The quantitative estimate of drug-likeness (QED) is 0.879. The van der Waals surface area contributed by atoms with E-state index in [1.807, 2.05) is 20.3 Å². The van der Waals surface area contributed by atoms with E-state index in [-0.39, 0.29) is 5.91 Å². The smallest absolute Gasteiger partial charge is 0.234 e. The number of carbonyl (C=O) groups excluding carboxylic acids is 1. The number of hydrogen-bond donors (Lipinski definition) is 1. The lowest BCUT2D eigenvalue weighted by atomic mass is 10.0. The van der Waals surface area contributed by atoms with Gasteiger partial charge < -0.3 is 10.2 Å².